The highest BCUT2D eigenvalue weighted by molar-refractivity contribution is 4.47. The van der Waals surface area contributed by atoms with Crippen molar-refractivity contribution in [1.82, 2.24) is 0 Å². The molecule has 0 aromatic carbocycles. The van der Waals surface area contributed by atoms with Crippen LogP contribution in [0.1, 0.15) is 12.8 Å². The number of hydrogen-bond donors (Lipinski definition) is 0. The molecule has 0 heterocycles. The Labute approximate surface area is 447 Å². The van der Waals surface area contributed by atoms with Gasteiger partial charge < -0.3 is 18.9 Å². The van der Waals surface area contributed by atoms with E-state index < -0.39 is 133 Å². The van der Waals surface area contributed by atoms with E-state index in [-0.39, 0.29) is 39.8 Å². The van der Waals surface area contributed by atoms with E-state index in [4.69, 9.17) is 0 Å². The van der Waals surface area contributed by atoms with Crippen LogP contribution in [0.5, 0.6) is 0 Å². The minimum absolute atomic E-state index is 0.222. The lowest BCUT2D eigenvalue weighted by atomic mass is 10.4. The molecule has 55 heteroatoms. The van der Waals surface area contributed by atoms with Gasteiger partial charge in [-0.2, -0.15) is 54.3 Å². The van der Waals surface area contributed by atoms with Gasteiger partial charge in [-0.25, -0.2) is 87.8 Å². The van der Waals surface area contributed by atoms with Crippen molar-refractivity contribution in [2.24, 2.45) is 0 Å². The molecule has 0 rings (SSSR count). The fraction of sp³-hybridized carbons (Fsp3) is 1.00. The van der Waals surface area contributed by atoms with Gasteiger partial charge in [0.15, 0.2) is 6.67 Å². The summed E-state index contributed by atoms with van der Waals surface area (Å²) in [7, 11) is 5.43. The van der Waals surface area contributed by atoms with E-state index in [1.54, 1.807) is 0 Å². The third-order valence-electron chi connectivity index (χ3n) is 2.02. The van der Waals surface area contributed by atoms with Crippen LogP contribution in [0.2, 0.25) is 0 Å². The van der Waals surface area contributed by atoms with Gasteiger partial charge >= 0.3 is 44.2 Å². The number of hydrogen-bond acceptors (Lipinski definition) is 7. The number of alkyl halides is 45. The fourth-order valence-corrected chi connectivity index (χ4v) is 0.590. The van der Waals surface area contributed by atoms with Crippen molar-refractivity contribution in [1.29, 1.82) is 0 Å². The van der Waals surface area contributed by atoms with Crippen LogP contribution < -0.4 is 0 Å². The maximum Gasteiger partial charge on any atom is 0.559 e. The lowest BCUT2D eigenvalue weighted by Crippen LogP contribution is -2.10. The molecule has 0 saturated carbocycles. The first-order chi connectivity index (χ1) is 38.2. The van der Waals surface area contributed by atoms with Crippen molar-refractivity contribution < 1.29 is 245 Å². The zero-order valence-corrected chi connectivity index (χ0v) is 41.9. The van der Waals surface area contributed by atoms with Gasteiger partial charge in [0.1, 0.15) is 13.3 Å². The summed E-state index contributed by atoms with van der Waals surface area (Å²) >= 11 is 0. The van der Waals surface area contributed by atoms with Crippen LogP contribution in [-0.4, -0.2) is 188 Å². The van der Waals surface area contributed by atoms with Crippen molar-refractivity contribution in [3.05, 3.63) is 0 Å². The highest BCUT2D eigenvalue weighted by Crippen LogP contribution is 2.20. The average molecular weight is 1430 g/mol. The van der Waals surface area contributed by atoms with E-state index in [0.717, 1.165) is 0 Å². The minimum atomic E-state index is -5.50. The summed E-state index contributed by atoms with van der Waals surface area (Å²) in [6.45, 7) is -19.3. The minimum Gasteiger partial charge on any atom is -0.384 e. The molecule has 0 fully saturated rings. The average Bonchev–Trinajstić information content (AvgIpc) is 3.31. The number of ether oxygens (including phenoxy) is 4. The molecule has 85 heavy (non-hydrogen) atoms. The van der Waals surface area contributed by atoms with E-state index in [1.807, 2.05) is 0 Å². The number of rotatable bonds is 11. The quantitative estimate of drug-likeness (QED) is 0.191. The summed E-state index contributed by atoms with van der Waals surface area (Å²) in [4.78, 5) is 7.12. The molecule has 0 amide bonds. The lowest BCUT2D eigenvalue weighted by molar-refractivity contribution is -0.238. The smallest absolute Gasteiger partial charge is 0.384 e. The van der Waals surface area contributed by atoms with Gasteiger partial charge in [-0.15, -0.1) is 70.2 Å². The van der Waals surface area contributed by atoms with Crippen molar-refractivity contribution in [2.75, 3.05) is 144 Å². The van der Waals surface area contributed by atoms with E-state index in [9.17, 15) is 211 Å². The summed E-state index contributed by atoms with van der Waals surface area (Å²) in [6.07, 6.45) is -36.5. The Bertz CT molecular complexity index is 736. The van der Waals surface area contributed by atoms with Crippen LogP contribution in [0.3, 0.4) is 0 Å². The van der Waals surface area contributed by atoms with E-state index >= 15 is 0 Å². The lowest BCUT2D eigenvalue weighted by Gasteiger charge is -2.02. The van der Waals surface area contributed by atoms with Gasteiger partial charge in [-0.05, 0) is 13.6 Å². The summed E-state index contributed by atoms with van der Waals surface area (Å²) in [5.41, 5.74) is 0. The SMILES string of the molecule is COCCC(F)(F)F.COCCC(F)(F)F.COCCF.COCCF.FC(F)(F)F.FC(F)(F)F.FC(F)(F)F.FC(F)(F)F.FCC(F)(F)F.FCF.FCF.FCF.FCF.FCF.FCF.FCF.FCOF.FCOF.FCOF. The molecule has 0 aromatic heterocycles. The van der Waals surface area contributed by atoms with Crippen molar-refractivity contribution in [3.63, 3.8) is 0 Å². The monoisotopic (exact) mass is 1430 g/mol. The third-order valence-corrected chi connectivity index (χ3v) is 2.02. The predicted molar refractivity (Wildman–Crippen MR) is 196 cm³/mol. The van der Waals surface area contributed by atoms with Crippen LogP contribution in [0, 0.1) is 0 Å². The molecule has 0 radical (unpaired) electrons. The van der Waals surface area contributed by atoms with Crippen LogP contribution in [0.25, 0.3) is 0 Å². The molecule has 0 bridgehead atoms. The van der Waals surface area contributed by atoms with Crippen LogP contribution in [0.15, 0.2) is 0 Å². The molecular formula is C30H50F48O7. The Balaban J connectivity index is -0.0000000321. The third kappa shape index (κ3) is 1840. The van der Waals surface area contributed by atoms with Gasteiger partial charge in [0.05, 0.1) is 39.3 Å². The molecule has 0 aromatic rings. The van der Waals surface area contributed by atoms with Gasteiger partial charge in [-0.1, -0.05) is 0 Å². The Morgan fingerprint density at radius 1 is 0.224 bits per heavy atom. The molecule has 0 unspecified atom stereocenters. The molecule has 0 atom stereocenters. The van der Waals surface area contributed by atoms with Crippen molar-refractivity contribution in [2.45, 2.75) is 57.1 Å². The fourth-order valence-electron chi connectivity index (χ4n) is 0.590. The van der Waals surface area contributed by atoms with Crippen molar-refractivity contribution in [3.8, 4) is 0 Å². The highest BCUT2D eigenvalue weighted by Gasteiger charge is 2.28. The Morgan fingerprint density at radius 3 is 0.329 bits per heavy atom. The standard InChI is InChI=1S/2C4H7F3O.2C3H7FO.C2H2F4.4CF4.3CH2F2O.7CH2F2/c2*1-8-3-2-4(5,6)7;2*1-5-3-2-4;3-1-2(4,5)6;4*2-1(3,4)5;3*2-1-4-3;7*2-1-3/h2*2-3H2,1H3;2*2-3H2,1H3;1H2;;;;;3*1H2;7*1H2. The molecule has 0 aliphatic carbocycles. The van der Waals surface area contributed by atoms with Gasteiger partial charge in [0, 0.05) is 28.4 Å². The van der Waals surface area contributed by atoms with Crippen LogP contribution >= 0.6 is 0 Å². The summed E-state index contributed by atoms with van der Waals surface area (Å²) < 4.78 is 497. The zero-order valence-electron chi connectivity index (χ0n) is 41.9. The Morgan fingerprint density at radius 2 is 0.318 bits per heavy atom. The predicted octanol–water partition coefficient (Wildman–Crippen LogP) is 20.4. The highest BCUT2D eigenvalue weighted by atomic mass is 19.6. The van der Waals surface area contributed by atoms with Crippen molar-refractivity contribution >= 4 is 0 Å². The molecule has 0 spiro atoms. The molecule has 0 N–H and O–H groups in total. The second kappa shape index (κ2) is 122. The maximum absolute atomic E-state index is 11.2. The molecule has 0 saturated heterocycles. The van der Waals surface area contributed by atoms with E-state index in [1.165, 1.54) is 28.4 Å². The van der Waals surface area contributed by atoms with Gasteiger partial charge in [0.25, 0.3) is 0 Å². The van der Waals surface area contributed by atoms with Crippen LogP contribution in [-0.2, 0) is 33.8 Å². The van der Waals surface area contributed by atoms with E-state index in [0.29, 0.717) is 0 Å². The second-order valence-corrected chi connectivity index (χ2v) is 7.90. The molecule has 0 aliphatic heterocycles. The maximum atomic E-state index is 11.2. The number of methoxy groups -OCH3 is 4. The molecular weight excluding hydrogens is 1380 g/mol. The van der Waals surface area contributed by atoms with Gasteiger partial charge in [0.2, 0.25) is 69.1 Å². The normalized spacial score (nSPS) is 9.46. The molecule has 7 nitrogen and oxygen atoms in total. The summed E-state index contributed by atoms with van der Waals surface area (Å²) in [6, 6.07) is 0. The first kappa shape index (κ1) is 135. The first-order valence-corrected chi connectivity index (χ1v) is 17.2. The van der Waals surface area contributed by atoms with Gasteiger partial charge in [-0.3, -0.25) is 0 Å². The molecule has 0 aliphatic rings. The topological polar surface area (TPSA) is 64.6 Å². The van der Waals surface area contributed by atoms with Crippen LogP contribution in [0.4, 0.5) is 211 Å². The Kier molecular flexibility index (Phi) is 194. The summed E-state index contributed by atoms with van der Waals surface area (Å²) in [5.74, 6) is 0. The Hall–Kier alpha value is -3.64. The molecule has 548 valence electrons. The zero-order chi connectivity index (χ0) is 73.9. The summed E-state index contributed by atoms with van der Waals surface area (Å²) in [5, 5.41) is 0. The second-order valence-electron chi connectivity index (χ2n) is 7.90. The van der Waals surface area contributed by atoms with E-state index in [2.05, 4.69) is 33.8 Å². The largest absolute Gasteiger partial charge is 0.559 e. The first-order valence-electron chi connectivity index (χ1n) is 17.2. The number of halogens is 48.